The van der Waals surface area contributed by atoms with E-state index < -0.39 is 17.1 Å². The number of rotatable bonds is 13. The molecule has 1 unspecified atom stereocenters. The van der Waals surface area contributed by atoms with Gasteiger partial charge in [0.05, 0.1) is 5.92 Å². The van der Waals surface area contributed by atoms with Gasteiger partial charge in [-0.05, 0) is 77.0 Å². The third kappa shape index (κ3) is 8.84. The molecule has 0 saturated carbocycles. The van der Waals surface area contributed by atoms with Crippen molar-refractivity contribution in [3.63, 3.8) is 0 Å². The van der Waals surface area contributed by atoms with E-state index in [1.807, 2.05) is 46.8 Å². The van der Waals surface area contributed by atoms with Crippen LogP contribution in [0.5, 0.6) is 5.75 Å². The second-order valence-corrected chi connectivity index (χ2v) is 10.1. The van der Waals surface area contributed by atoms with Gasteiger partial charge in [-0.15, -0.1) is 0 Å². The summed E-state index contributed by atoms with van der Waals surface area (Å²) in [6, 6.07) is 3.90. The Morgan fingerprint density at radius 2 is 1.38 bits per heavy atom. The first-order valence-corrected chi connectivity index (χ1v) is 12.1. The van der Waals surface area contributed by atoms with Gasteiger partial charge in [0.1, 0.15) is 17.0 Å². The zero-order chi connectivity index (χ0) is 24.5. The molecule has 182 valence electrons. The fourth-order valence-corrected chi connectivity index (χ4v) is 4.13. The lowest BCUT2D eigenvalue weighted by Gasteiger charge is -2.35. The van der Waals surface area contributed by atoms with Gasteiger partial charge in [0.2, 0.25) is 0 Å². The summed E-state index contributed by atoms with van der Waals surface area (Å²) in [6.45, 7) is 15.2. The normalized spacial score (nSPS) is 13.0. The van der Waals surface area contributed by atoms with Gasteiger partial charge < -0.3 is 14.6 Å². The first-order valence-electron chi connectivity index (χ1n) is 12.1. The highest BCUT2D eigenvalue weighted by Crippen LogP contribution is 2.33. The topological polar surface area (TPSA) is 72.8 Å². The van der Waals surface area contributed by atoms with Crippen molar-refractivity contribution in [2.75, 3.05) is 0 Å². The zero-order valence-corrected chi connectivity index (χ0v) is 21.5. The number of hydrogen-bond donors (Lipinski definition) is 1. The Balaban J connectivity index is 3.05. The predicted octanol–water partition coefficient (Wildman–Crippen LogP) is 6.62. The highest BCUT2D eigenvalue weighted by molar-refractivity contribution is 5.78. The molecule has 1 aromatic rings. The number of carbonyl (C=O) groups is 2. The minimum absolute atomic E-state index is 0.270. The van der Waals surface area contributed by atoms with Crippen LogP contribution in [0.1, 0.15) is 117 Å². The van der Waals surface area contributed by atoms with E-state index >= 15 is 0 Å². The Bertz CT molecular complexity index is 734. The Kier molecular flexibility index (Phi) is 10.7. The molecule has 1 N–H and O–H groups in total. The quantitative estimate of drug-likeness (QED) is 0.343. The Morgan fingerprint density at radius 1 is 0.906 bits per heavy atom. The average Bonchev–Trinajstić information content (AvgIpc) is 2.69. The van der Waals surface area contributed by atoms with Crippen LogP contribution in [-0.4, -0.2) is 28.2 Å². The smallest absolute Gasteiger partial charge is 0.313 e. The van der Waals surface area contributed by atoms with Crippen molar-refractivity contribution >= 4 is 11.9 Å². The van der Waals surface area contributed by atoms with Crippen LogP contribution in [0.4, 0.5) is 0 Å². The van der Waals surface area contributed by atoms with Gasteiger partial charge in [-0.3, -0.25) is 9.59 Å². The number of unbranched alkanes of at least 4 members (excludes halogenated alkanes) is 2. The molecule has 1 rings (SSSR count). The molecule has 0 aliphatic rings. The van der Waals surface area contributed by atoms with E-state index in [2.05, 4.69) is 13.8 Å². The molecule has 0 aliphatic carbocycles. The number of phenols is 1. The SMILES string of the molecule is CCCCc1cc(C(C)C(=O)OC(C)(C)CC(C)(C)OC(=O)CC)cc(CCCC)c1O. The molecule has 0 bridgehead atoms. The van der Waals surface area contributed by atoms with Crippen LogP contribution in [-0.2, 0) is 31.9 Å². The third-order valence-electron chi connectivity index (χ3n) is 5.65. The molecule has 0 heterocycles. The number of phenolic OH excluding ortho intramolecular Hbond substituents is 1. The second-order valence-electron chi connectivity index (χ2n) is 10.1. The fourth-order valence-electron chi connectivity index (χ4n) is 4.13. The first kappa shape index (κ1) is 28.0. The first-order chi connectivity index (χ1) is 14.9. The fraction of sp³-hybridized carbons (Fsp3) is 0.704. The van der Waals surface area contributed by atoms with Gasteiger partial charge >= 0.3 is 11.9 Å². The van der Waals surface area contributed by atoms with E-state index in [-0.39, 0.29) is 11.9 Å². The summed E-state index contributed by atoms with van der Waals surface area (Å²) >= 11 is 0. The van der Waals surface area contributed by atoms with Crippen molar-refractivity contribution in [2.45, 2.75) is 124 Å². The summed E-state index contributed by atoms with van der Waals surface area (Å²) < 4.78 is 11.4. The monoisotopic (exact) mass is 448 g/mol. The molecule has 1 atom stereocenters. The van der Waals surface area contributed by atoms with Gasteiger partial charge in [0, 0.05) is 12.8 Å². The molecule has 5 heteroatoms. The summed E-state index contributed by atoms with van der Waals surface area (Å²) in [5.74, 6) is -0.678. The maximum Gasteiger partial charge on any atom is 0.313 e. The highest BCUT2D eigenvalue weighted by Gasteiger charge is 2.35. The van der Waals surface area contributed by atoms with Crippen LogP contribution in [0.25, 0.3) is 0 Å². The lowest BCUT2D eigenvalue weighted by Crippen LogP contribution is -2.40. The lowest BCUT2D eigenvalue weighted by atomic mass is 9.90. The molecule has 0 fully saturated rings. The number of ether oxygens (including phenoxy) is 2. The molecule has 32 heavy (non-hydrogen) atoms. The molecule has 0 saturated heterocycles. The summed E-state index contributed by atoms with van der Waals surface area (Å²) in [4.78, 5) is 24.8. The van der Waals surface area contributed by atoms with Crippen LogP contribution in [0.3, 0.4) is 0 Å². The Hall–Kier alpha value is -2.04. The lowest BCUT2D eigenvalue weighted by molar-refractivity contribution is -0.170. The minimum Gasteiger partial charge on any atom is -0.507 e. The van der Waals surface area contributed by atoms with Crippen LogP contribution in [0.15, 0.2) is 12.1 Å². The van der Waals surface area contributed by atoms with E-state index in [0.717, 1.165) is 55.2 Å². The Labute approximate surface area is 194 Å². The molecular formula is C27H44O5. The van der Waals surface area contributed by atoms with Crippen molar-refractivity contribution < 1.29 is 24.2 Å². The summed E-state index contributed by atoms with van der Waals surface area (Å²) in [5, 5.41) is 10.7. The van der Waals surface area contributed by atoms with Crippen LogP contribution < -0.4 is 0 Å². The predicted molar refractivity (Wildman–Crippen MR) is 129 cm³/mol. The highest BCUT2D eigenvalue weighted by atomic mass is 16.6. The molecule has 1 aromatic carbocycles. The second kappa shape index (κ2) is 12.3. The maximum absolute atomic E-state index is 13.1. The number of hydrogen-bond acceptors (Lipinski definition) is 5. The van der Waals surface area contributed by atoms with E-state index in [9.17, 15) is 14.7 Å². The van der Waals surface area contributed by atoms with Crippen molar-refractivity contribution in [1.82, 2.24) is 0 Å². The Morgan fingerprint density at radius 3 is 1.81 bits per heavy atom. The molecule has 5 nitrogen and oxygen atoms in total. The van der Waals surface area contributed by atoms with Crippen LogP contribution >= 0.6 is 0 Å². The van der Waals surface area contributed by atoms with E-state index in [0.29, 0.717) is 18.6 Å². The van der Waals surface area contributed by atoms with Crippen molar-refractivity contribution in [3.8, 4) is 5.75 Å². The maximum atomic E-state index is 13.1. The molecule has 0 aromatic heterocycles. The van der Waals surface area contributed by atoms with E-state index in [1.54, 1.807) is 6.92 Å². The minimum atomic E-state index is -0.796. The van der Waals surface area contributed by atoms with Crippen molar-refractivity contribution in [1.29, 1.82) is 0 Å². The van der Waals surface area contributed by atoms with Crippen LogP contribution in [0.2, 0.25) is 0 Å². The average molecular weight is 449 g/mol. The molecule has 0 radical (unpaired) electrons. The summed E-state index contributed by atoms with van der Waals surface area (Å²) in [6.07, 6.45) is 6.34. The summed E-state index contributed by atoms with van der Waals surface area (Å²) in [5.41, 5.74) is 1.15. The van der Waals surface area contributed by atoms with Gasteiger partial charge in [-0.25, -0.2) is 0 Å². The number of benzene rings is 1. The van der Waals surface area contributed by atoms with Crippen molar-refractivity contribution in [2.24, 2.45) is 0 Å². The number of esters is 2. The van der Waals surface area contributed by atoms with Crippen molar-refractivity contribution in [3.05, 3.63) is 28.8 Å². The van der Waals surface area contributed by atoms with Gasteiger partial charge in [0.15, 0.2) is 0 Å². The number of aryl methyl sites for hydroxylation is 2. The molecule has 0 spiro atoms. The largest absolute Gasteiger partial charge is 0.507 e. The van der Waals surface area contributed by atoms with Gasteiger partial charge in [0.25, 0.3) is 0 Å². The zero-order valence-electron chi connectivity index (χ0n) is 21.5. The standard InChI is InChI=1S/C27H44O5/c1-9-12-14-20-16-22(17-21(24(20)29)15-13-10-2)19(4)25(30)32-27(7,8)18-26(5,6)31-23(28)11-3/h16-17,19,29H,9-15,18H2,1-8H3. The van der Waals surface area contributed by atoms with Gasteiger partial charge in [-0.1, -0.05) is 45.7 Å². The molecule has 0 amide bonds. The number of carbonyl (C=O) groups excluding carboxylic acids is 2. The molecular weight excluding hydrogens is 404 g/mol. The van der Waals surface area contributed by atoms with Gasteiger partial charge in [-0.2, -0.15) is 0 Å². The van der Waals surface area contributed by atoms with Crippen LogP contribution in [0, 0.1) is 0 Å². The van der Waals surface area contributed by atoms with E-state index in [4.69, 9.17) is 9.47 Å². The third-order valence-corrected chi connectivity index (χ3v) is 5.65. The molecule has 0 aliphatic heterocycles. The summed E-state index contributed by atoms with van der Waals surface area (Å²) in [7, 11) is 0. The number of aromatic hydroxyl groups is 1. The van der Waals surface area contributed by atoms with E-state index in [1.165, 1.54) is 0 Å².